The number of ether oxygens (including phenoxy) is 2. The number of nitrogen functional groups attached to an aromatic ring is 1. The first-order chi connectivity index (χ1) is 9.08. The van der Waals surface area contributed by atoms with Crippen molar-refractivity contribution in [2.45, 2.75) is 6.61 Å². The van der Waals surface area contributed by atoms with E-state index in [2.05, 4.69) is 0 Å². The monoisotopic (exact) mass is 297 g/mol. The molecule has 0 amide bonds. The van der Waals surface area contributed by atoms with E-state index in [9.17, 15) is 0 Å². The quantitative estimate of drug-likeness (QED) is 0.862. The highest BCUT2D eigenvalue weighted by Crippen LogP contribution is 2.27. The predicted molar refractivity (Wildman–Crippen MR) is 78.2 cm³/mol. The Morgan fingerprint density at radius 3 is 2.47 bits per heavy atom. The number of hydrogen-bond donors (Lipinski definition) is 1. The minimum absolute atomic E-state index is 0.374. The maximum Gasteiger partial charge on any atom is 0.121 e. The fourth-order valence-electron chi connectivity index (χ4n) is 1.62. The van der Waals surface area contributed by atoms with E-state index in [0.717, 1.165) is 5.56 Å². The Morgan fingerprint density at radius 1 is 1.00 bits per heavy atom. The third-order valence-electron chi connectivity index (χ3n) is 2.52. The number of hydrogen-bond acceptors (Lipinski definition) is 3. The van der Waals surface area contributed by atoms with Crippen LogP contribution in [0.5, 0.6) is 11.5 Å². The molecule has 0 aliphatic carbocycles. The molecule has 19 heavy (non-hydrogen) atoms. The molecule has 0 aliphatic rings. The SMILES string of the molecule is COc1cc(N)cc(COc2ccc(Cl)c(Cl)c2)c1. The fraction of sp³-hybridized carbons (Fsp3) is 0.143. The second-order valence-electron chi connectivity index (χ2n) is 3.98. The molecule has 2 N–H and O–H groups in total. The van der Waals surface area contributed by atoms with Gasteiger partial charge in [-0.15, -0.1) is 0 Å². The van der Waals surface area contributed by atoms with Gasteiger partial charge in [-0.1, -0.05) is 23.2 Å². The Bertz CT molecular complexity index is 588. The minimum Gasteiger partial charge on any atom is -0.497 e. The van der Waals surface area contributed by atoms with E-state index in [1.807, 2.05) is 12.1 Å². The zero-order valence-electron chi connectivity index (χ0n) is 10.3. The summed E-state index contributed by atoms with van der Waals surface area (Å²) in [5.74, 6) is 1.35. The van der Waals surface area contributed by atoms with Crippen LogP contribution in [0.4, 0.5) is 5.69 Å². The first-order valence-electron chi connectivity index (χ1n) is 5.60. The summed E-state index contributed by atoms with van der Waals surface area (Å²) in [6.45, 7) is 0.374. The summed E-state index contributed by atoms with van der Waals surface area (Å²) in [6, 6.07) is 10.6. The van der Waals surface area contributed by atoms with Crippen LogP contribution in [0.15, 0.2) is 36.4 Å². The Labute approximate surface area is 121 Å². The average molecular weight is 298 g/mol. The van der Waals surface area contributed by atoms with Crippen LogP contribution in [0.25, 0.3) is 0 Å². The van der Waals surface area contributed by atoms with Gasteiger partial charge in [0.2, 0.25) is 0 Å². The zero-order chi connectivity index (χ0) is 13.8. The van der Waals surface area contributed by atoms with Gasteiger partial charge in [0, 0.05) is 17.8 Å². The van der Waals surface area contributed by atoms with Gasteiger partial charge in [0.25, 0.3) is 0 Å². The number of rotatable bonds is 4. The normalized spacial score (nSPS) is 10.3. The molecule has 5 heteroatoms. The van der Waals surface area contributed by atoms with E-state index < -0.39 is 0 Å². The molecule has 0 aromatic heterocycles. The van der Waals surface area contributed by atoms with Crippen LogP contribution in [0.2, 0.25) is 10.0 Å². The van der Waals surface area contributed by atoms with Crippen LogP contribution in [0.3, 0.4) is 0 Å². The summed E-state index contributed by atoms with van der Waals surface area (Å²) in [7, 11) is 1.60. The van der Waals surface area contributed by atoms with E-state index in [1.54, 1.807) is 31.4 Å². The number of halogens is 2. The molecule has 2 rings (SSSR count). The van der Waals surface area contributed by atoms with Crippen molar-refractivity contribution in [2.24, 2.45) is 0 Å². The molecule has 3 nitrogen and oxygen atoms in total. The van der Waals surface area contributed by atoms with Crippen molar-refractivity contribution in [3.8, 4) is 11.5 Å². The molecule has 0 saturated heterocycles. The summed E-state index contributed by atoms with van der Waals surface area (Å²) in [5.41, 5.74) is 7.32. The van der Waals surface area contributed by atoms with Crippen molar-refractivity contribution in [3.05, 3.63) is 52.0 Å². The van der Waals surface area contributed by atoms with E-state index in [4.69, 9.17) is 38.4 Å². The van der Waals surface area contributed by atoms with Crippen LogP contribution >= 0.6 is 23.2 Å². The molecule has 0 spiro atoms. The van der Waals surface area contributed by atoms with E-state index >= 15 is 0 Å². The Hall–Kier alpha value is -1.58. The molecule has 0 unspecified atom stereocenters. The van der Waals surface area contributed by atoms with Crippen LogP contribution in [0.1, 0.15) is 5.56 Å². The number of nitrogens with two attached hydrogens (primary N) is 1. The summed E-state index contributed by atoms with van der Waals surface area (Å²) in [6.07, 6.45) is 0. The number of methoxy groups -OCH3 is 1. The maximum absolute atomic E-state index is 5.92. The molecule has 0 bridgehead atoms. The lowest BCUT2D eigenvalue weighted by Crippen LogP contribution is -1.98. The average Bonchev–Trinajstić information content (AvgIpc) is 2.39. The summed E-state index contributed by atoms with van der Waals surface area (Å²) in [5, 5.41) is 0.962. The molecule has 0 radical (unpaired) electrons. The fourth-order valence-corrected chi connectivity index (χ4v) is 1.91. The molecule has 100 valence electrons. The van der Waals surface area contributed by atoms with Crippen molar-refractivity contribution in [2.75, 3.05) is 12.8 Å². The first-order valence-corrected chi connectivity index (χ1v) is 6.35. The molecule has 0 fully saturated rings. The van der Waals surface area contributed by atoms with Gasteiger partial charge < -0.3 is 15.2 Å². The highest BCUT2D eigenvalue weighted by molar-refractivity contribution is 6.42. The summed E-state index contributed by atoms with van der Waals surface area (Å²) < 4.78 is 10.8. The number of anilines is 1. The van der Waals surface area contributed by atoms with E-state index in [1.165, 1.54) is 0 Å². The van der Waals surface area contributed by atoms with Gasteiger partial charge in [-0.05, 0) is 29.8 Å². The Kier molecular flexibility index (Phi) is 4.40. The molecule has 0 heterocycles. The molecule has 2 aromatic carbocycles. The zero-order valence-corrected chi connectivity index (χ0v) is 11.8. The standard InChI is InChI=1S/C14H13Cl2NO2/c1-18-12-5-9(4-10(17)6-12)8-19-11-2-3-13(15)14(16)7-11/h2-7H,8,17H2,1H3. The Balaban J connectivity index is 2.09. The Morgan fingerprint density at radius 2 is 1.79 bits per heavy atom. The van der Waals surface area contributed by atoms with E-state index in [0.29, 0.717) is 33.8 Å². The summed E-state index contributed by atoms with van der Waals surface area (Å²) >= 11 is 11.8. The van der Waals surface area contributed by atoms with Crippen molar-refractivity contribution in [1.29, 1.82) is 0 Å². The molecular formula is C14H13Cl2NO2. The van der Waals surface area contributed by atoms with Gasteiger partial charge in [0.05, 0.1) is 17.2 Å². The van der Waals surface area contributed by atoms with Gasteiger partial charge in [-0.25, -0.2) is 0 Å². The topological polar surface area (TPSA) is 44.5 Å². The van der Waals surface area contributed by atoms with Gasteiger partial charge in [-0.2, -0.15) is 0 Å². The first kappa shape index (κ1) is 13.8. The van der Waals surface area contributed by atoms with Crippen LogP contribution in [-0.2, 0) is 6.61 Å². The van der Waals surface area contributed by atoms with Crippen molar-refractivity contribution >= 4 is 28.9 Å². The molecular weight excluding hydrogens is 285 g/mol. The van der Waals surface area contributed by atoms with Gasteiger partial charge in [0.15, 0.2) is 0 Å². The van der Waals surface area contributed by atoms with Crippen molar-refractivity contribution in [1.82, 2.24) is 0 Å². The molecule has 0 saturated carbocycles. The van der Waals surface area contributed by atoms with Crippen molar-refractivity contribution in [3.63, 3.8) is 0 Å². The highest BCUT2D eigenvalue weighted by atomic mass is 35.5. The summed E-state index contributed by atoms with van der Waals surface area (Å²) in [4.78, 5) is 0. The smallest absolute Gasteiger partial charge is 0.121 e. The molecule has 2 aromatic rings. The largest absolute Gasteiger partial charge is 0.497 e. The number of benzene rings is 2. The van der Waals surface area contributed by atoms with Gasteiger partial charge >= 0.3 is 0 Å². The lowest BCUT2D eigenvalue weighted by molar-refractivity contribution is 0.305. The predicted octanol–water partition coefficient (Wildman–Crippen LogP) is 4.16. The lowest BCUT2D eigenvalue weighted by atomic mass is 10.2. The molecule has 0 atom stereocenters. The van der Waals surface area contributed by atoms with Crippen LogP contribution in [0, 0.1) is 0 Å². The van der Waals surface area contributed by atoms with Gasteiger partial charge in [-0.3, -0.25) is 0 Å². The molecule has 0 aliphatic heterocycles. The van der Waals surface area contributed by atoms with E-state index in [-0.39, 0.29) is 0 Å². The highest BCUT2D eigenvalue weighted by Gasteiger charge is 2.03. The van der Waals surface area contributed by atoms with Crippen LogP contribution < -0.4 is 15.2 Å². The minimum atomic E-state index is 0.374. The second-order valence-corrected chi connectivity index (χ2v) is 4.79. The third kappa shape index (κ3) is 3.69. The second kappa shape index (κ2) is 6.04. The van der Waals surface area contributed by atoms with Crippen molar-refractivity contribution < 1.29 is 9.47 Å². The van der Waals surface area contributed by atoms with Gasteiger partial charge in [0.1, 0.15) is 18.1 Å². The third-order valence-corrected chi connectivity index (χ3v) is 3.26. The lowest BCUT2D eigenvalue weighted by Gasteiger charge is -2.09. The maximum atomic E-state index is 5.92. The van der Waals surface area contributed by atoms with Crippen LogP contribution in [-0.4, -0.2) is 7.11 Å².